The molecule has 138 valence electrons. The number of piperidine rings is 1. The van der Waals surface area contributed by atoms with Crippen LogP contribution in [0, 0.1) is 4.77 Å². The summed E-state index contributed by atoms with van der Waals surface area (Å²) in [6, 6.07) is 7.70. The van der Waals surface area contributed by atoms with Crippen molar-refractivity contribution in [2.75, 3.05) is 13.1 Å². The molecule has 0 spiro atoms. The third-order valence-corrected chi connectivity index (χ3v) is 5.75. The highest BCUT2D eigenvalue weighted by molar-refractivity contribution is 7.71. The van der Waals surface area contributed by atoms with Crippen LogP contribution in [0.5, 0.6) is 0 Å². The van der Waals surface area contributed by atoms with Crippen molar-refractivity contribution in [3.63, 3.8) is 0 Å². The number of hydrogen-bond donors (Lipinski definition) is 1. The number of aromatic nitrogens is 4. The summed E-state index contributed by atoms with van der Waals surface area (Å²) in [6.45, 7) is 5.91. The predicted molar refractivity (Wildman–Crippen MR) is 105 cm³/mol. The summed E-state index contributed by atoms with van der Waals surface area (Å²) in [7, 11) is 0. The Balaban J connectivity index is 1.91. The van der Waals surface area contributed by atoms with Gasteiger partial charge in [0.1, 0.15) is 0 Å². The zero-order chi connectivity index (χ0) is 18.1. The summed E-state index contributed by atoms with van der Waals surface area (Å²) in [6.07, 6.45) is 5.83. The molecule has 26 heavy (non-hydrogen) atoms. The number of rotatable bonds is 5. The lowest BCUT2D eigenvalue weighted by molar-refractivity contribution is -0.928. The molecule has 4 rings (SSSR count). The second kappa shape index (κ2) is 7.32. The molecular weight excluding hydrogens is 346 g/mol. The van der Waals surface area contributed by atoms with E-state index in [2.05, 4.69) is 6.92 Å². The Morgan fingerprint density at radius 1 is 1.19 bits per heavy atom. The number of aryl methyl sites for hydroxylation is 1. The van der Waals surface area contributed by atoms with Gasteiger partial charge in [0.25, 0.3) is 5.56 Å². The van der Waals surface area contributed by atoms with E-state index in [-0.39, 0.29) is 5.56 Å². The smallest absolute Gasteiger partial charge is 0.262 e. The molecule has 7 heteroatoms. The average Bonchev–Trinajstić information content (AvgIpc) is 2.99. The molecule has 1 saturated heterocycles. The molecule has 0 atom stereocenters. The molecule has 0 unspecified atom stereocenters. The maximum atomic E-state index is 13.0. The zero-order valence-electron chi connectivity index (χ0n) is 15.3. The highest BCUT2D eigenvalue weighted by Gasteiger charge is 2.19. The van der Waals surface area contributed by atoms with E-state index < -0.39 is 0 Å². The van der Waals surface area contributed by atoms with Gasteiger partial charge in [0, 0.05) is 6.54 Å². The van der Waals surface area contributed by atoms with Crippen molar-refractivity contribution in [2.45, 2.75) is 52.2 Å². The second-order valence-electron chi connectivity index (χ2n) is 7.21. The van der Waals surface area contributed by atoms with Crippen molar-refractivity contribution >= 4 is 28.9 Å². The number of likely N-dealkylation sites (tertiary alicyclic amines) is 1. The Morgan fingerprint density at radius 3 is 2.73 bits per heavy atom. The molecule has 0 radical (unpaired) electrons. The van der Waals surface area contributed by atoms with Crippen molar-refractivity contribution in [1.29, 1.82) is 0 Å². The molecule has 3 heterocycles. The minimum atomic E-state index is 0.0269. The van der Waals surface area contributed by atoms with Gasteiger partial charge in [0.15, 0.2) is 6.67 Å². The maximum Gasteiger partial charge on any atom is 0.262 e. The van der Waals surface area contributed by atoms with Crippen LogP contribution in [0.1, 0.15) is 39.0 Å². The first-order valence-corrected chi connectivity index (χ1v) is 10.1. The Labute approximate surface area is 157 Å². The van der Waals surface area contributed by atoms with E-state index in [4.69, 9.17) is 17.3 Å². The molecule has 1 aliphatic rings. The van der Waals surface area contributed by atoms with Gasteiger partial charge in [-0.2, -0.15) is 4.68 Å². The minimum Gasteiger partial charge on any atom is -0.316 e. The van der Waals surface area contributed by atoms with Gasteiger partial charge in [0.05, 0.1) is 24.0 Å². The van der Waals surface area contributed by atoms with Crippen molar-refractivity contribution in [2.24, 2.45) is 0 Å². The summed E-state index contributed by atoms with van der Waals surface area (Å²) in [4.78, 5) is 14.5. The standard InChI is InChI=1S/C19H25N5OS/c1-2-3-13-22-17(25)15-9-5-6-10-16(15)24-18(22)20-23(19(24)26)14-21-11-7-4-8-12-21/h5-6,9-10H,2-4,7-8,11-14H2,1H3/p+1. The van der Waals surface area contributed by atoms with Gasteiger partial charge in [-0.05, 0) is 50.0 Å². The molecule has 1 aromatic carbocycles. The van der Waals surface area contributed by atoms with E-state index in [1.807, 2.05) is 33.3 Å². The molecule has 0 amide bonds. The number of quaternary nitrogens is 1. The Hall–Kier alpha value is -1.99. The number of nitrogens with one attached hydrogen (secondary N) is 1. The summed E-state index contributed by atoms with van der Waals surface area (Å²) in [5.74, 6) is 0.670. The Morgan fingerprint density at radius 2 is 1.96 bits per heavy atom. The maximum absolute atomic E-state index is 13.0. The summed E-state index contributed by atoms with van der Waals surface area (Å²) in [5, 5.41) is 5.49. The number of hydrogen-bond acceptors (Lipinski definition) is 3. The Kier molecular flexibility index (Phi) is 4.91. The van der Waals surface area contributed by atoms with Gasteiger partial charge in [-0.1, -0.05) is 25.5 Å². The SMILES string of the molecule is CCCCn1c(=O)c2ccccc2n2c(=S)n(C[NH+]3CCCCC3)nc12. The van der Waals surface area contributed by atoms with Crippen LogP contribution in [0.3, 0.4) is 0 Å². The largest absolute Gasteiger partial charge is 0.316 e. The van der Waals surface area contributed by atoms with Crippen LogP contribution in [-0.2, 0) is 13.2 Å². The fourth-order valence-electron chi connectivity index (χ4n) is 3.91. The number of fused-ring (bicyclic) bond motifs is 3. The van der Waals surface area contributed by atoms with E-state index in [0.29, 0.717) is 22.5 Å². The van der Waals surface area contributed by atoms with E-state index in [0.717, 1.165) is 25.0 Å². The minimum absolute atomic E-state index is 0.0269. The van der Waals surface area contributed by atoms with E-state index in [1.165, 1.54) is 37.3 Å². The Bertz CT molecular complexity index is 1040. The molecule has 2 aromatic heterocycles. The molecule has 1 aliphatic heterocycles. The van der Waals surface area contributed by atoms with Gasteiger partial charge in [0.2, 0.25) is 10.5 Å². The number of benzene rings is 1. The molecule has 0 aliphatic carbocycles. The number of unbranched alkanes of at least 4 members (excludes halogenated alkanes) is 1. The zero-order valence-corrected chi connectivity index (χ0v) is 16.1. The van der Waals surface area contributed by atoms with Crippen LogP contribution >= 0.6 is 12.2 Å². The average molecular weight is 373 g/mol. The number of para-hydroxylation sites is 1. The fourth-order valence-corrected chi connectivity index (χ4v) is 4.20. The van der Waals surface area contributed by atoms with E-state index in [1.54, 1.807) is 4.57 Å². The van der Waals surface area contributed by atoms with Crippen LogP contribution in [0.2, 0.25) is 0 Å². The predicted octanol–water partition coefficient (Wildman–Crippen LogP) is 2.01. The van der Waals surface area contributed by atoms with Crippen molar-refractivity contribution in [3.8, 4) is 0 Å². The van der Waals surface area contributed by atoms with Gasteiger partial charge in [-0.25, -0.2) is 0 Å². The lowest BCUT2D eigenvalue weighted by Gasteiger charge is -2.22. The second-order valence-corrected chi connectivity index (χ2v) is 7.58. The van der Waals surface area contributed by atoms with Crippen molar-refractivity contribution < 1.29 is 4.90 Å². The molecule has 1 fully saturated rings. The third kappa shape index (κ3) is 2.99. The fraction of sp³-hybridized carbons (Fsp3) is 0.526. The van der Waals surface area contributed by atoms with Gasteiger partial charge in [-0.15, -0.1) is 5.10 Å². The molecule has 1 N–H and O–H groups in total. The monoisotopic (exact) mass is 372 g/mol. The molecular formula is C19H26N5OS+. The van der Waals surface area contributed by atoms with Gasteiger partial charge in [-0.3, -0.25) is 13.8 Å². The van der Waals surface area contributed by atoms with Crippen LogP contribution in [0.4, 0.5) is 0 Å². The van der Waals surface area contributed by atoms with Crippen molar-refractivity contribution in [1.82, 2.24) is 18.7 Å². The summed E-state index contributed by atoms with van der Waals surface area (Å²) in [5.41, 5.74) is 0.879. The van der Waals surface area contributed by atoms with E-state index in [9.17, 15) is 4.79 Å². The highest BCUT2D eigenvalue weighted by atomic mass is 32.1. The van der Waals surface area contributed by atoms with Crippen LogP contribution in [0.25, 0.3) is 16.7 Å². The van der Waals surface area contributed by atoms with E-state index >= 15 is 0 Å². The lowest BCUT2D eigenvalue weighted by atomic mass is 10.1. The summed E-state index contributed by atoms with van der Waals surface area (Å²) < 4.78 is 6.37. The van der Waals surface area contributed by atoms with Crippen LogP contribution in [-0.4, -0.2) is 31.8 Å². The molecule has 3 aromatic rings. The van der Waals surface area contributed by atoms with Crippen LogP contribution in [0.15, 0.2) is 29.1 Å². The molecule has 0 bridgehead atoms. The quantitative estimate of drug-likeness (QED) is 0.697. The lowest BCUT2D eigenvalue weighted by Crippen LogP contribution is -3.12. The van der Waals surface area contributed by atoms with Gasteiger partial charge >= 0.3 is 0 Å². The molecule has 6 nitrogen and oxygen atoms in total. The third-order valence-electron chi connectivity index (χ3n) is 5.35. The van der Waals surface area contributed by atoms with Gasteiger partial charge < -0.3 is 4.90 Å². The normalized spacial score (nSPS) is 15.9. The first kappa shape index (κ1) is 17.4. The first-order valence-electron chi connectivity index (χ1n) is 9.65. The first-order chi connectivity index (χ1) is 12.7. The molecule has 0 saturated carbocycles. The summed E-state index contributed by atoms with van der Waals surface area (Å²) >= 11 is 5.77. The highest BCUT2D eigenvalue weighted by Crippen LogP contribution is 2.14. The topological polar surface area (TPSA) is 48.7 Å². The van der Waals surface area contributed by atoms with Crippen LogP contribution < -0.4 is 10.5 Å². The number of nitrogens with zero attached hydrogens (tertiary/aromatic N) is 4. The van der Waals surface area contributed by atoms with Crippen molar-refractivity contribution in [3.05, 3.63) is 39.4 Å².